The Morgan fingerprint density at radius 1 is 1.08 bits per heavy atom. The first kappa shape index (κ1) is 24.3. The van der Waals surface area contributed by atoms with Crippen molar-refractivity contribution >= 4 is 17.5 Å². The molecule has 2 heterocycles. The van der Waals surface area contributed by atoms with Crippen molar-refractivity contribution in [1.29, 1.82) is 0 Å². The van der Waals surface area contributed by atoms with Crippen LogP contribution in [-0.4, -0.2) is 28.2 Å². The summed E-state index contributed by atoms with van der Waals surface area (Å²) >= 11 is 0. The van der Waals surface area contributed by atoms with Gasteiger partial charge in [0, 0.05) is 18.7 Å². The molecule has 0 aliphatic carbocycles. The predicted molar refractivity (Wildman–Crippen MR) is 140 cm³/mol. The lowest BCUT2D eigenvalue weighted by Crippen LogP contribution is -2.40. The van der Waals surface area contributed by atoms with Crippen molar-refractivity contribution in [2.75, 3.05) is 11.9 Å². The number of rotatable bonds is 7. The highest BCUT2D eigenvalue weighted by Gasteiger charge is 2.31. The van der Waals surface area contributed by atoms with Gasteiger partial charge in [-0.2, -0.15) is 0 Å². The third kappa shape index (κ3) is 5.40. The minimum Gasteiger partial charge on any atom is -0.484 e. The molecular formula is C30H29N3O4. The Morgan fingerprint density at radius 2 is 1.86 bits per heavy atom. The summed E-state index contributed by atoms with van der Waals surface area (Å²) < 4.78 is 11.5. The normalized spacial score (nSPS) is 14.6. The lowest BCUT2D eigenvalue weighted by molar-refractivity contribution is -0.132. The molecule has 1 aliphatic heterocycles. The maximum Gasteiger partial charge on any atom is 0.277 e. The summed E-state index contributed by atoms with van der Waals surface area (Å²) in [6, 6.07) is 23.4. The standard InChI is InChI=1S/C30H29N3O4/c1-3-28(34)33-16-15-21-11-14-24(17-25(21)29(33)22-7-5-4-6-8-22)36-19-27-32-26(18-37-27)30(35)31-23-12-9-20(2)10-13-23/h4-14,17-18,29H,3,15-16,19H2,1-2H3,(H,31,35). The molecule has 1 N–H and O–H groups in total. The van der Waals surface area contributed by atoms with Gasteiger partial charge < -0.3 is 19.4 Å². The van der Waals surface area contributed by atoms with Crippen LogP contribution in [0.25, 0.3) is 0 Å². The van der Waals surface area contributed by atoms with Crippen LogP contribution in [0.4, 0.5) is 5.69 Å². The van der Waals surface area contributed by atoms with E-state index in [9.17, 15) is 9.59 Å². The van der Waals surface area contributed by atoms with Crippen molar-refractivity contribution in [2.24, 2.45) is 0 Å². The average Bonchev–Trinajstić information content (AvgIpc) is 3.42. The molecule has 1 atom stereocenters. The minimum atomic E-state index is -0.348. The quantitative estimate of drug-likeness (QED) is 0.356. The number of benzene rings is 3. The molecule has 1 aliphatic rings. The number of fused-ring (bicyclic) bond motifs is 1. The number of carbonyl (C=O) groups excluding carboxylic acids is 2. The molecule has 3 aromatic carbocycles. The summed E-state index contributed by atoms with van der Waals surface area (Å²) in [7, 11) is 0. The zero-order chi connectivity index (χ0) is 25.8. The predicted octanol–water partition coefficient (Wildman–Crippen LogP) is 5.70. The Kier molecular flexibility index (Phi) is 7.03. The fraction of sp³-hybridized carbons (Fsp3) is 0.233. The molecule has 1 unspecified atom stereocenters. The van der Waals surface area contributed by atoms with E-state index in [0.29, 0.717) is 30.3 Å². The lowest BCUT2D eigenvalue weighted by atomic mass is 9.87. The number of aromatic nitrogens is 1. The highest BCUT2D eigenvalue weighted by molar-refractivity contribution is 6.02. The third-order valence-electron chi connectivity index (χ3n) is 6.54. The number of nitrogens with zero attached hydrogens (tertiary/aromatic N) is 2. The van der Waals surface area contributed by atoms with Crippen molar-refractivity contribution < 1.29 is 18.7 Å². The molecule has 7 heteroatoms. The number of anilines is 1. The van der Waals surface area contributed by atoms with Gasteiger partial charge in [0.15, 0.2) is 12.3 Å². The van der Waals surface area contributed by atoms with Crippen molar-refractivity contribution in [2.45, 2.75) is 39.3 Å². The first-order valence-electron chi connectivity index (χ1n) is 12.4. The monoisotopic (exact) mass is 495 g/mol. The number of oxazole rings is 1. The van der Waals surface area contributed by atoms with Crippen LogP contribution in [0.5, 0.6) is 5.75 Å². The summed E-state index contributed by atoms with van der Waals surface area (Å²) in [4.78, 5) is 31.5. The van der Waals surface area contributed by atoms with Crippen molar-refractivity contribution in [1.82, 2.24) is 9.88 Å². The number of aryl methyl sites for hydroxylation is 1. The summed E-state index contributed by atoms with van der Waals surface area (Å²) in [6.07, 6.45) is 2.58. The average molecular weight is 496 g/mol. The largest absolute Gasteiger partial charge is 0.484 e. The minimum absolute atomic E-state index is 0.0736. The van der Waals surface area contributed by atoms with Crippen LogP contribution in [0.15, 0.2) is 83.5 Å². The molecule has 37 heavy (non-hydrogen) atoms. The summed E-state index contributed by atoms with van der Waals surface area (Å²) in [5.74, 6) is 0.726. The smallest absolute Gasteiger partial charge is 0.277 e. The number of ether oxygens (including phenoxy) is 1. The van der Waals surface area contributed by atoms with Crippen LogP contribution in [0.3, 0.4) is 0 Å². The second kappa shape index (κ2) is 10.7. The van der Waals surface area contributed by atoms with Crippen LogP contribution >= 0.6 is 0 Å². The Balaban J connectivity index is 1.31. The highest BCUT2D eigenvalue weighted by Crippen LogP contribution is 2.37. The van der Waals surface area contributed by atoms with Crippen LogP contribution < -0.4 is 10.1 Å². The third-order valence-corrected chi connectivity index (χ3v) is 6.54. The topological polar surface area (TPSA) is 84.7 Å². The van der Waals surface area contributed by atoms with Crippen LogP contribution in [0.1, 0.15) is 58.0 Å². The number of hydrogen-bond acceptors (Lipinski definition) is 5. The molecule has 4 aromatic rings. The van der Waals surface area contributed by atoms with E-state index in [4.69, 9.17) is 9.15 Å². The van der Waals surface area contributed by atoms with E-state index in [1.54, 1.807) is 0 Å². The number of hydrogen-bond donors (Lipinski definition) is 1. The summed E-state index contributed by atoms with van der Waals surface area (Å²) in [5.41, 5.74) is 5.31. The second-order valence-electron chi connectivity index (χ2n) is 9.10. The molecule has 188 valence electrons. The number of amides is 2. The lowest BCUT2D eigenvalue weighted by Gasteiger charge is -2.38. The van der Waals surface area contributed by atoms with Gasteiger partial charge in [-0.25, -0.2) is 4.98 Å². The molecule has 0 fully saturated rings. The van der Waals surface area contributed by atoms with Gasteiger partial charge in [-0.1, -0.05) is 61.0 Å². The molecule has 0 saturated carbocycles. The van der Waals surface area contributed by atoms with E-state index in [-0.39, 0.29) is 30.2 Å². The number of nitrogens with one attached hydrogen (secondary N) is 1. The SMILES string of the molecule is CCC(=O)N1CCc2ccc(OCc3nc(C(=O)Nc4ccc(C)cc4)co3)cc2C1c1ccccc1. The molecule has 0 bridgehead atoms. The molecule has 2 amide bonds. The Hall–Kier alpha value is -4.39. The van der Waals surface area contributed by atoms with Crippen LogP contribution in [0.2, 0.25) is 0 Å². The zero-order valence-corrected chi connectivity index (χ0v) is 20.9. The fourth-order valence-corrected chi connectivity index (χ4v) is 4.61. The van der Waals surface area contributed by atoms with Gasteiger partial charge in [0.1, 0.15) is 12.0 Å². The Labute approximate surface area is 216 Å². The molecule has 0 spiro atoms. The Bertz CT molecular complexity index is 1400. The molecule has 1 aromatic heterocycles. The Morgan fingerprint density at radius 3 is 2.62 bits per heavy atom. The first-order chi connectivity index (χ1) is 18.0. The second-order valence-corrected chi connectivity index (χ2v) is 9.10. The maximum absolute atomic E-state index is 12.8. The summed E-state index contributed by atoms with van der Waals surface area (Å²) in [6.45, 7) is 4.64. The van der Waals surface area contributed by atoms with Gasteiger partial charge in [-0.05, 0) is 54.3 Å². The molecule has 5 rings (SSSR count). The first-order valence-corrected chi connectivity index (χ1v) is 12.4. The van der Waals surface area contributed by atoms with E-state index in [1.807, 2.05) is 73.3 Å². The van der Waals surface area contributed by atoms with E-state index in [1.165, 1.54) is 11.8 Å². The van der Waals surface area contributed by atoms with Crippen molar-refractivity contribution in [3.8, 4) is 5.75 Å². The van der Waals surface area contributed by atoms with Gasteiger partial charge in [-0.3, -0.25) is 9.59 Å². The van der Waals surface area contributed by atoms with E-state index in [0.717, 1.165) is 23.1 Å². The highest BCUT2D eigenvalue weighted by atomic mass is 16.5. The van der Waals surface area contributed by atoms with E-state index < -0.39 is 0 Å². The fourth-order valence-electron chi connectivity index (χ4n) is 4.61. The van der Waals surface area contributed by atoms with Crippen molar-refractivity contribution in [3.05, 3.63) is 113 Å². The molecule has 0 radical (unpaired) electrons. The van der Waals surface area contributed by atoms with Crippen LogP contribution in [0, 0.1) is 6.92 Å². The van der Waals surface area contributed by atoms with Gasteiger partial charge in [0.2, 0.25) is 11.8 Å². The van der Waals surface area contributed by atoms with Gasteiger partial charge in [0.05, 0.1) is 6.04 Å². The van der Waals surface area contributed by atoms with E-state index >= 15 is 0 Å². The molecular weight excluding hydrogens is 466 g/mol. The van der Waals surface area contributed by atoms with Crippen molar-refractivity contribution in [3.63, 3.8) is 0 Å². The zero-order valence-electron chi connectivity index (χ0n) is 20.9. The van der Waals surface area contributed by atoms with Gasteiger partial charge in [0.25, 0.3) is 5.91 Å². The van der Waals surface area contributed by atoms with Crippen LogP contribution in [-0.2, 0) is 17.8 Å². The molecule has 0 saturated heterocycles. The van der Waals surface area contributed by atoms with E-state index in [2.05, 4.69) is 28.5 Å². The number of carbonyl (C=O) groups is 2. The van der Waals surface area contributed by atoms with Gasteiger partial charge in [-0.15, -0.1) is 0 Å². The molecule has 7 nitrogen and oxygen atoms in total. The van der Waals surface area contributed by atoms with Gasteiger partial charge >= 0.3 is 0 Å². The maximum atomic E-state index is 12.8. The summed E-state index contributed by atoms with van der Waals surface area (Å²) in [5, 5.41) is 2.81.